The van der Waals surface area contributed by atoms with E-state index < -0.39 is 13.3 Å². The van der Waals surface area contributed by atoms with E-state index in [4.69, 9.17) is 9.40 Å². The molecule has 8 heteroatoms. The number of nitrogens with zero attached hydrogens (tertiary/aromatic N) is 4. The fraction of sp³-hybridized carbons (Fsp3) is 0.155. The number of hydrogen-bond donors (Lipinski definition) is 0. The molecule has 3 aromatic heterocycles. The van der Waals surface area contributed by atoms with Gasteiger partial charge in [-0.2, -0.15) is 5.26 Å². The van der Waals surface area contributed by atoms with E-state index in [0.29, 0.717) is 16.7 Å². The van der Waals surface area contributed by atoms with E-state index in [9.17, 15) is 9.65 Å². The Kier molecular flexibility index (Phi) is 13.4. The molecule has 0 unspecified atom stereocenters. The first kappa shape index (κ1) is 46.1. The largest absolute Gasteiger partial charge is 0 e. The maximum absolute atomic E-state index is 12.8. The van der Waals surface area contributed by atoms with Gasteiger partial charge in [0, 0.05) is 31.2 Å². The van der Waals surface area contributed by atoms with Gasteiger partial charge in [0.25, 0.3) is 0 Å². The number of rotatable bonds is 8. The van der Waals surface area contributed by atoms with E-state index in [-0.39, 0.29) is 37.8 Å². The van der Waals surface area contributed by atoms with Crippen molar-refractivity contribution in [2.45, 2.75) is 56.8 Å². The Labute approximate surface area is 402 Å². The van der Waals surface area contributed by atoms with Crippen LogP contribution in [0.15, 0.2) is 162 Å². The topological polar surface area (TPSA) is 67.6 Å². The van der Waals surface area contributed by atoms with E-state index in [1.807, 2.05) is 36.5 Å². The van der Waals surface area contributed by atoms with Gasteiger partial charge in [-0.3, -0.25) is 4.98 Å². The predicted molar refractivity (Wildman–Crippen MR) is 268 cm³/mol. The third kappa shape index (κ3) is 9.19. The first-order valence-electron chi connectivity index (χ1n) is 22.1. The van der Waals surface area contributed by atoms with Gasteiger partial charge in [0.15, 0.2) is 0 Å². The number of hydrogen-bond acceptors (Lipinski definition) is 4. The van der Waals surface area contributed by atoms with Crippen LogP contribution in [0.25, 0.3) is 83.6 Å². The summed E-state index contributed by atoms with van der Waals surface area (Å²) >= 11 is -1.83. The summed E-state index contributed by atoms with van der Waals surface area (Å²) in [6.07, 6.45) is 1.83. The Morgan fingerprint density at radius 1 is 0.697 bits per heavy atom. The summed E-state index contributed by atoms with van der Waals surface area (Å²) in [5.74, 6) is 8.02. The average molecular weight is 1100 g/mol. The normalized spacial score (nSPS) is 11.5. The fourth-order valence-electron chi connectivity index (χ4n) is 8.48. The summed E-state index contributed by atoms with van der Waals surface area (Å²) in [5.41, 5.74) is 14.9. The molecule has 0 saturated carbocycles. The molecule has 0 aliphatic heterocycles. The van der Waals surface area contributed by atoms with Crippen molar-refractivity contribution < 1.29 is 28.9 Å². The Hall–Kier alpha value is -6.43. The van der Waals surface area contributed by atoms with Gasteiger partial charge >= 0.3 is 104 Å². The van der Waals surface area contributed by atoms with Crippen LogP contribution in [0.3, 0.4) is 0 Å². The molecule has 0 bridgehead atoms. The summed E-state index contributed by atoms with van der Waals surface area (Å²) in [5, 5.41) is 11.5. The molecule has 0 atom stereocenters. The van der Waals surface area contributed by atoms with Crippen molar-refractivity contribution in [3.63, 3.8) is 0 Å². The Morgan fingerprint density at radius 3 is 2.02 bits per heavy atom. The fourth-order valence-corrected chi connectivity index (χ4v) is 10.9. The van der Waals surface area contributed by atoms with E-state index in [2.05, 4.69) is 170 Å². The van der Waals surface area contributed by atoms with Crippen LogP contribution in [0.4, 0.5) is 4.39 Å². The molecule has 7 aromatic carbocycles. The number of aromatic nitrogens is 3. The number of nitriles is 1. The molecule has 0 spiro atoms. The summed E-state index contributed by atoms with van der Waals surface area (Å²) in [6.45, 7) is 9.07. The second kappa shape index (κ2) is 19.2. The van der Waals surface area contributed by atoms with Crippen molar-refractivity contribution >= 4 is 50.6 Å². The van der Waals surface area contributed by atoms with Gasteiger partial charge in [-0.15, -0.1) is 18.2 Å². The maximum Gasteiger partial charge on any atom is 0 e. The Bertz CT molecular complexity index is 3350. The molecule has 66 heavy (non-hydrogen) atoms. The van der Waals surface area contributed by atoms with Crippen LogP contribution in [0.1, 0.15) is 56.2 Å². The van der Waals surface area contributed by atoms with Crippen molar-refractivity contribution in [1.82, 2.24) is 14.5 Å². The molecule has 0 saturated heterocycles. The van der Waals surface area contributed by atoms with Gasteiger partial charge in [0.2, 0.25) is 0 Å². The monoisotopic (exact) mass is 1100 g/mol. The molecule has 3 heterocycles. The number of para-hydroxylation sites is 2. The third-order valence-electron chi connectivity index (χ3n) is 12.0. The molecule has 0 aliphatic rings. The molecular formula is C58H49FGeIrN4O-2. The number of fused-ring (bicyclic) bond motifs is 4. The molecule has 10 rings (SSSR count). The third-order valence-corrected chi connectivity index (χ3v) is 16.3. The van der Waals surface area contributed by atoms with E-state index in [1.165, 1.54) is 49.9 Å². The van der Waals surface area contributed by atoms with Gasteiger partial charge in [-0.25, -0.2) is 0 Å². The quantitative estimate of drug-likeness (QED) is 0.112. The van der Waals surface area contributed by atoms with Gasteiger partial charge < -0.3 is 8.98 Å². The molecule has 329 valence electrons. The standard InChI is InChI=1S/C44H34N3O.C14H15FGeN.Ir/c1-27(2)37-24-33(32-20-18-31(19-21-32)30-11-6-5-7-12-30)25-38(28(3)4)42(37)47-40-16-9-8-15-39(40)46-44(47)36-14-10-13-35-34-22-17-29(26-45)23-41(34)48-43(35)36;1-16(2,3)13-8-9-17-14(10-13)11-4-6-12(15)7-5-11;/h5-13,15-25,27-28H,1-4H3;4,6-10H,1-3H3;/q2*-1;. The maximum atomic E-state index is 12.8. The molecule has 10 aromatic rings. The van der Waals surface area contributed by atoms with Crippen LogP contribution in [0.2, 0.25) is 17.3 Å². The van der Waals surface area contributed by atoms with Gasteiger partial charge in [-0.05, 0) is 81.6 Å². The van der Waals surface area contributed by atoms with E-state index >= 15 is 0 Å². The smallest absolute Gasteiger partial charge is 0 e. The summed E-state index contributed by atoms with van der Waals surface area (Å²) in [6, 6.07) is 59.4. The van der Waals surface area contributed by atoms with E-state index in [0.717, 1.165) is 50.1 Å². The van der Waals surface area contributed by atoms with Crippen molar-refractivity contribution in [3.05, 3.63) is 192 Å². The number of furan rings is 1. The van der Waals surface area contributed by atoms with Crippen molar-refractivity contribution in [2.24, 2.45) is 0 Å². The zero-order valence-corrected chi connectivity index (χ0v) is 42.6. The minimum atomic E-state index is -1.83. The summed E-state index contributed by atoms with van der Waals surface area (Å²) < 4.78 is 23.1. The average Bonchev–Trinajstić information content (AvgIpc) is 3.90. The number of benzene rings is 7. The first-order chi connectivity index (χ1) is 31.4. The molecule has 0 aliphatic carbocycles. The van der Waals surface area contributed by atoms with Gasteiger partial charge in [0.1, 0.15) is 5.58 Å². The van der Waals surface area contributed by atoms with Gasteiger partial charge in [0.05, 0.1) is 34.1 Å². The summed E-state index contributed by atoms with van der Waals surface area (Å²) in [4.78, 5) is 9.58. The van der Waals surface area contributed by atoms with Crippen LogP contribution in [0.5, 0.6) is 0 Å². The predicted octanol–water partition coefficient (Wildman–Crippen LogP) is 15.1. The Morgan fingerprint density at radius 2 is 1.36 bits per heavy atom. The van der Waals surface area contributed by atoms with Gasteiger partial charge in [-0.1, -0.05) is 111 Å². The second-order valence-corrected chi connectivity index (χ2v) is 28.8. The molecule has 1 radical (unpaired) electrons. The summed E-state index contributed by atoms with van der Waals surface area (Å²) in [7, 11) is 0. The number of imidazole rings is 1. The number of halogens is 1. The molecular weight excluding hydrogens is 1050 g/mol. The SMILES string of the molecule is CC(C)c1cc(-c2ccc(-c3ccccc3)cc2)cc(C(C)C)c1-n1c(-c2[c-]ccc3c2oc2cc(C#N)ccc23)nc2ccccc21.[CH3][Ge]([CH3])([CH3])[c]1ccnc(-c2[c-]cc(F)cc2)c1.[Ir]. The molecule has 0 N–H and O–H groups in total. The van der Waals surface area contributed by atoms with Crippen LogP contribution in [-0.4, -0.2) is 27.8 Å². The van der Waals surface area contributed by atoms with Crippen LogP contribution < -0.4 is 4.40 Å². The minimum absolute atomic E-state index is 0. The number of pyridine rings is 1. The van der Waals surface area contributed by atoms with Crippen molar-refractivity contribution in [3.8, 4) is 56.7 Å². The first-order valence-corrected chi connectivity index (χ1v) is 29.5. The zero-order valence-electron chi connectivity index (χ0n) is 38.1. The molecule has 5 nitrogen and oxygen atoms in total. The van der Waals surface area contributed by atoms with Crippen molar-refractivity contribution in [2.75, 3.05) is 0 Å². The van der Waals surface area contributed by atoms with Crippen molar-refractivity contribution in [1.29, 1.82) is 5.26 Å². The zero-order chi connectivity index (χ0) is 45.4. The molecule has 0 fully saturated rings. The van der Waals surface area contributed by atoms with Crippen LogP contribution in [-0.2, 0) is 20.1 Å². The minimum Gasteiger partial charge on any atom is 0 e. The Balaban J connectivity index is 0.000000278. The van der Waals surface area contributed by atoms with E-state index in [1.54, 1.807) is 12.1 Å². The second-order valence-electron chi connectivity index (χ2n) is 18.1. The van der Waals surface area contributed by atoms with Crippen LogP contribution >= 0.6 is 0 Å². The van der Waals surface area contributed by atoms with Crippen LogP contribution in [0, 0.1) is 29.3 Å². The molecule has 0 amide bonds.